The summed E-state index contributed by atoms with van der Waals surface area (Å²) in [4.78, 5) is 0. The molecule has 4 fully saturated rings. The second-order valence-corrected chi connectivity index (χ2v) is 5.57. The molecule has 15 heavy (non-hydrogen) atoms. The molecule has 1 saturated carbocycles. The van der Waals surface area contributed by atoms with Crippen LogP contribution in [0.15, 0.2) is 0 Å². The lowest BCUT2D eigenvalue weighted by Crippen LogP contribution is -2.69. The molecule has 0 aromatic rings. The molecule has 4 aliphatic rings. The Hall–Kier alpha value is -0.160. The first-order valence-electron chi connectivity index (χ1n) is 5.76. The third kappa shape index (κ3) is 1.16. The molecule has 3 heterocycles. The van der Waals surface area contributed by atoms with E-state index in [4.69, 9.17) is 19.9 Å². The summed E-state index contributed by atoms with van der Waals surface area (Å²) in [6.45, 7) is 4.91. The molecule has 0 radical (unpaired) electrons. The van der Waals surface area contributed by atoms with Gasteiger partial charge in [0.1, 0.15) is 0 Å². The van der Waals surface area contributed by atoms with Gasteiger partial charge in [-0.2, -0.15) is 0 Å². The van der Waals surface area contributed by atoms with E-state index < -0.39 is 5.97 Å². The number of ether oxygens (including phenoxy) is 3. The van der Waals surface area contributed by atoms with Crippen LogP contribution in [-0.4, -0.2) is 32.3 Å². The van der Waals surface area contributed by atoms with Gasteiger partial charge in [-0.15, -0.1) is 0 Å². The van der Waals surface area contributed by atoms with Crippen LogP contribution in [0.1, 0.15) is 26.2 Å². The van der Waals surface area contributed by atoms with Crippen molar-refractivity contribution in [2.75, 3.05) is 26.4 Å². The molecule has 0 amide bonds. The molecule has 3 aliphatic heterocycles. The van der Waals surface area contributed by atoms with Crippen LogP contribution in [0.2, 0.25) is 0 Å². The highest BCUT2D eigenvalue weighted by molar-refractivity contribution is 5.01. The van der Waals surface area contributed by atoms with Gasteiger partial charge in [-0.3, -0.25) is 0 Å². The van der Waals surface area contributed by atoms with Crippen LogP contribution < -0.4 is 5.73 Å². The van der Waals surface area contributed by atoms with Crippen molar-refractivity contribution in [1.29, 1.82) is 0 Å². The zero-order valence-corrected chi connectivity index (χ0v) is 9.25. The van der Waals surface area contributed by atoms with Crippen molar-refractivity contribution in [3.63, 3.8) is 0 Å². The molecule has 4 rings (SSSR count). The highest BCUT2D eigenvalue weighted by Gasteiger charge is 2.64. The standard InChI is InChI=1S/C11H19NO3/c1-9-6-13-11(14-7-9,15-8-9)10(5-12)3-2-4-10/h2-8,12H2,1H3. The Morgan fingerprint density at radius 2 is 1.60 bits per heavy atom. The fraction of sp³-hybridized carbons (Fsp3) is 1.00. The molecule has 0 unspecified atom stereocenters. The van der Waals surface area contributed by atoms with Crippen molar-refractivity contribution in [2.24, 2.45) is 16.6 Å². The van der Waals surface area contributed by atoms with Gasteiger partial charge in [-0.25, -0.2) is 0 Å². The number of hydrogen-bond acceptors (Lipinski definition) is 4. The van der Waals surface area contributed by atoms with Crippen molar-refractivity contribution in [2.45, 2.75) is 32.2 Å². The van der Waals surface area contributed by atoms with E-state index >= 15 is 0 Å². The molecular formula is C11H19NO3. The third-order valence-corrected chi connectivity index (χ3v) is 4.18. The van der Waals surface area contributed by atoms with Gasteiger partial charge in [0.05, 0.1) is 25.2 Å². The van der Waals surface area contributed by atoms with Gasteiger partial charge < -0.3 is 19.9 Å². The minimum atomic E-state index is -0.822. The van der Waals surface area contributed by atoms with Crippen LogP contribution in [0.25, 0.3) is 0 Å². The monoisotopic (exact) mass is 213 g/mol. The van der Waals surface area contributed by atoms with Crippen LogP contribution in [0, 0.1) is 10.8 Å². The first-order valence-corrected chi connectivity index (χ1v) is 5.76. The Bertz CT molecular complexity index is 245. The first kappa shape index (κ1) is 10.0. The topological polar surface area (TPSA) is 53.7 Å². The van der Waals surface area contributed by atoms with E-state index in [-0.39, 0.29) is 10.8 Å². The molecule has 4 heteroatoms. The summed E-state index contributed by atoms with van der Waals surface area (Å²) >= 11 is 0. The molecule has 2 N–H and O–H groups in total. The number of fused-ring (bicyclic) bond motifs is 3. The van der Waals surface area contributed by atoms with Crippen molar-refractivity contribution in [1.82, 2.24) is 0 Å². The van der Waals surface area contributed by atoms with Gasteiger partial charge in [0.25, 0.3) is 5.97 Å². The molecule has 0 aromatic carbocycles. The largest absolute Gasteiger partial charge is 0.330 e. The number of hydrogen-bond donors (Lipinski definition) is 1. The smallest absolute Gasteiger partial charge is 0.290 e. The van der Waals surface area contributed by atoms with Gasteiger partial charge in [-0.05, 0) is 12.8 Å². The van der Waals surface area contributed by atoms with Crippen LogP contribution in [0.4, 0.5) is 0 Å². The summed E-state index contributed by atoms with van der Waals surface area (Å²) in [5.41, 5.74) is 5.83. The first-order chi connectivity index (χ1) is 7.14. The Kier molecular flexibility index (Phi) is 1.97. The zero-order chi connectivity index (χ0) is 10.6. The average molecular weight is 213 g/mol. The lowest BCUT2D eigenvalue weighted by molar-refractivity contribution is -0.510. The molecule has 0 spiro atoms. The molecule has 4 nitrogen and oxygen atoms in total. The Morgan fingerprint density at radius 1 is 1.07 bits per heavy atom. The molecule has 86 valence electrons. The van der Waals surface area contributed by atoms with Crippen molar-refractivity contribution in [3.05, 3.63) is 0 Å². The SMILES string of the molecule is CC12COC(C3(CN)CCC3)(OC1)OC2. The van der Waals surface area contributed by atoms with E-state index in [1.54, 1.807) is 0 Å². The van der Waals surface area contributed by atoms with Gasteiger partial charge >= 0.3 is 0 Å². The highest BCUT2D eigenvalue weighted by atomic mass is 16.9. The van der Waals surface area contributed by atoms with Crippen LogP contribution in [0.3, 0.4) is 0 Å². The summed E-state index contributed by atoms with van der Waals surface area (Å²) in [5, 5.41) is 0. The minimum absolute atomic E-state index is 0.0429. The van der Waals surface area contributed by atoms with Crippen LogP contribution in [0.5, 0.6) is 0 Å². The second-order valence-electron chi connectivity index (χ2n) is 5.57. The Labute approximate surface area is 90.1 Å². The fourth-order valence-electron chi connectivity index (χ4n) is 2.76. The highest BCUT2D eigenvalue weighted by Crippen LogP contribution is 2.56. The van der Waals surface area contributed by atoms with E-state index in [1.807, 2.05) is 0 Å². The van der Waals surface area contributed by atoms with Gasteiger partial charge in [0.15, 0.2) is 0 Å². The predicted molar refractivity (Wildman–Crippen MR) is 54.0 cm³/mol. The summed E-state index contributed by atoms with van der Waals surface area (Å²) in [5.74, 6) is -0.822. The summed E-state index contributed by atoms with van der Waals surface area (Å²) in [7, 11) is 0. The molecule has 2 bridgehead atoms. The van der Waals surface area contributed by atoms with E-state index in [0.717, 1.165) is 32.7 Å². The van der Waals surface area contributed by atoms with Crippen molar-refractivity contribution >= 4 is 0 Å². The summed E-state index contributed by atoms with van der Waals surface area (Å²) in [6, 6.07) is 0. The second kappa shape index (κ2) is 2.94. The summed E-state index contributed by atoms with van der Waals surface area (Å²) < 4.78 is 17.5. The van der Waals surface area contributed by atoms with Gasteiger partial charge in [-0.1, -0.05) is 13.3 Å². The predicted octanol–water partition coefficient (Wildman–Crippen LogP) is 0.852. The zero-order valence-electron chi connectivity index (χ0n) is 9.25. The van der Waals surface area contributed by atoms with E-state index in [0.29, 0.717) is 6.54 Å². The molecule has 1 aliphatic carbocycles. The third-order valence-electron chi connectivity index (χ3n) is 4.18. The fourth-order valence-corrected chi connectivity index (χ4v) is 2.76. The maximum absolute atomic E-state index is 5.87. The van der Waals surface area contributed by atoms with Crippen LogP contribution in [-0.2, 0) is 14.2 Å². The Balaban J connectivity index is 1.86. The van der Waals surface area contributed by atoms with Crippen molar-refractivity contribution < 1.29 is 14.2 Å². The molecule has 3 saturated heterocycles. The molecular weight excluding hydrogens is 194 g/mol. The maximum atomic E-state index is 5.87. The average Bonchev–Trinajstić information content (AvgIpc) is 2.19. The molecule has 0 atom stereocenters. The minimum Gasteiger partial charge on any atom is -0.330 e. The quantitative estimate of drug-likeness (QED) is 0.739. The van der Waals surface area contributed by atoms with E-state index in [9.17, 15) is 0 Å². The van der Waals surface area contributed by atoms with E-state index in [1.165, 1.54) is 6.42 Å². The molecule has 0 aromatic heterocycles. The van der Waals surface area contributed by atoms with Gasteiger partial charge in [0.2, 0.25) is 0 Å². The number of nitrogens with two attached hydrogens (primary N) is 1. The summed E-state index contributed by atoms with van der Waals surface area (Å²) in [6.07, 6.45) is 3.31. The lowest BCUT2D eigenvalue weighted by Gasteiger charge is -2.60. The lowest BCUT2D eigenvalue weighted by atomic mass is 9.65. The van der Waals surface area contributed by atoms with E-state index in [2.05, 4.69) is 6.92 Å². The maximum Gasteiger partial charge on any atom is 0.290 e. The van der Waals surface area contributed by atoms with Crippen molar-refractivity contribution in [3.8, 4) is 0 Å². The normalized spacial score (nSPS) is 47.6. The van der Waals surface area contributed by atoms with Crippen LogP contribution >= 0.6 is 0 Å². The van der Waals surface area contributed by atoms with Gasteiger partial charge in [0, 0.05) is 12.0 Å². The Morgan fingerprint density at radius 3 is 1.93 bits per heavy atom. The number of rotatable bonds is 2.